The van der Waals surface area contributed by atoms with Gasteiger partial charge in [-0.25, -0.2) is 18.4 Å². The topological polar surface area (TPSA) is 84.9 Å². The summed E-state index contributed by atoms with van der Waals surface area (Å²) in [5, 5.41) is 0.343. The van der Waals surface area contributed by atoms with E-state index in [4.69, 9.17) is 21.1 Å². The summed E-state index contributed by atoms with van der Waals surface area (Å²) in [6.45, 7) is 4.20. The molecule has 3 aromatic rings. The van der Waals surface area contributed by atoms with Crippen molar-refractivity contribution in [1.82, 2.24) is 14.3 Å². The summed E-state index contributed by atoms with van der Waals surface area (Å²) in [5.41, 5.74) is 1.75. The number of hydrogen-bond donors (Lipinski definition) is 0. The largest absolute Gasteiger partial charge is 0.495 e. The summed E-state index contributed by atoms with van der Waals surface area (Å²) in [4.78, 5) is 10.9. The van der Waals surface area contributed by atoms with Crippen molar-refractivity contribution in [1.29, 1.82) is 0 Å². The molecule has 1 aliphatic rings. The van der Waals surface area contributed by atoms with E-state index in [1.54, 1.807) is 12.1 Å². The third kappa shape index (κ3) is 5.05. The van der Waals surface area contributed by atoms with Crippen molar-refractivity contribution < 1.29 is 17.9 Å². The maximum absolute atomic E-state index is 13.2. The van der Waals surface area contributed by atoms with Crippen molar-refractivity contribution >= 4 is 27.4 Å². The number of aromatic nitrogens is 2. The van der Waals surface area contributed by atoms with Crippen molar-refractivity contribution in [3.63, 3.8) is 0 Å². The fraction of sp³-hybridized carbons (Fsp3) is 0.304. The number of piperazine rings is 1. The van der Waals surface area contributed by atoms with Crippen LogP contribution in [0.1, 0.15) is 6.92 Å². The summed E-state index contributed by atoms with van der Waals surface area (Å²) in [7, 11) is -2.30. The van der Waals surface area contributed by atoms with E-state index in [0.717, 1.165) is 22.8 Å². The Morgan fingerprint density at radius 1 is 1.00 bits per heavy atom. The lowest BCUT2D eigenvalue weighted by molar-refractivity contribution is 0.340. The molecular weight excluding hydrogens is 464 g/mol. The van der Waals surface area contributed by atoms with Crippen LogP contribution in [0.15, 0.2) is 59.8 Å². The summed E-state index contributed by atoms with van der Waals surface area (Å²) in [6, 6.07) is 14.3. The van der Waals surface area contributed by atoms with Crippen molar-refractivity contribution in [2.75, 3.05) is 44.8 Å². The molecule has 0 aliphatic carbocycles. The molecule has 0 spiro atoms. The van der Waals surface area contributed by atoms with Gasteiger partial charge in [-0.3, -0.25) is 0 Å². The molecule has 0 N–H and O–H groups in total. The first kappa shape index (κ1) is 23.3. The van der Waals surface area contributed by atoms with Crippen molar-refractivity contribution in [2.45, 2.75) is 11.8 Å². The molecule has 2 aromatic carbocycles. The molecule has 0 amide bonds. The molecular formula is C23H25ClN4O4S. The Morgan fingerprint density at radius 2 is 1.73 bits per heavy atom. The van der Waals surface area contributed by atoms with E-state index in [1.807, 2.05) is 37.3 Å². The van der Waals surface area contributed by atoms with Gasteiger partial charge >= 0.3 is 0 Å². The number of ether oxygens (including phenoxy) is 2. The second kappa shape index (κ2) is 9.94. The predicted octanol–water partition coefficient (Wildman–Crippen LogP) is 3.72. The smallest absolute Gasteiger partial charge is 0.246 e. The molecule has 1 saturated heterocycles. The molecule has 8 nitrogen and oxygen atoms in total. The molecule has 174 valence electrons. The fourth-order valence-electron chi connectivity index (χ4n) is 3.72. The van der Waals surface area contributed by atoms with Crippen LogP contribution in [0, 0.1) is 0 Å². The van der Waals surface area contributed by atoms with Gasteiger partial charge < -0.3 is 14.4 Å². The number of hydrogen-bond acceptors (Lipinski definition) is 7. The predicted molar refractivity (Wildman–Crippen MR) is 128 cm³/mol. The summed E-state index contributed by atoms with van der Waals surface area (Å²) in [6.07, 6.45) is 1.53. The van der Waals surface area contributed by atoms with Gasteiger partial charge in [0.15, 0.2) is 0 Å². The highest BCUT2D eigenvalue weighted by Crippen LogP contribution is 2.31. The number of benzene rings is 2. The van der Waals surface area contributed by atoms with E-state index >= 15 is 0 Å². The zero-order valence-electron chi connectivity index (χ0n) is 18.4. The van der Waals surface area contributed by atoms with Gasteiger partial charge in [-0.15, -0.1) is 0 Å². The molecule has 1 aromatic heterocycles. The van der Waals surface area contributed by atoms with Gasteiger partial charge in [0.1, 0.15) is 28.5 Å². The Balaban J connectivity index is 1.48. The fourth-order valence-corrected chi connectivity index (χ4v) is 5.56. The third-order valence-corrected chi connectivity index (χ3v) is 7.57. The second-order valence-corrected chi connectivity index (χ2v) is 9.75. The molecule has 0 atom stereocenters. The Kier molecular flexibility index (Phi) is 7.02. The minimum Gasteiger partial charge on any atom is -0.495 e. The van der Waals surface area contributed by atoms with Gasteiger partial charge in [-0.05, 0) is 49.4 Å². The maximum Gasteiger partial charge on any atom is 0.246 e. The van der Waals surface area contributed by atoms with Crippen LogP contribution < -0.4 is 14.4 Å². The average Bonchev–Trinajstić information content (AvgIpc) is 2.85. The number of anilines is 1. The van der Waals surface area contributed by atoms with Crippen LogP contribution in [0.25, 0.3) is 11.3 Å². The molecule has 0 saturated carbocycles. The van der Waals surface area contributed by atoms with Gasteiger partial charge in [-0.2, -0.15) is 4.31 Å². The molecule has 0 unspecified atom stereocenters. The zero-order valence-corrected chi connectivity index (χ0v) is 20.0. The van der Waals surface area contributed by atoms with E-state index < -0.39 is 10.0 Å². The lowest BCUT2D eigenvalue weighted by atomic mass is 10.1. The first-order valence-electron chi connectivity index (χ1n) is 10.6. The Bertz CT molecular complexity index is 1210. The highest BCUT2D eigenvalue weighted by Gasteiger charge is 2.31. The van der Waals surface area contributed by atoms with Gasteiger partial charge in [0.25, 0.3) is 0 Å². The summed E-state index contributed by atoms with van der Waals surface area (Å²) >= 11 is 6.04. The van der Waals surface area contributed by atoms with Crippen LogP contribution >= 0.6 is 11.6 Å². The number of sulfonamides is 1. The Morgan fingerprint density at radius 3 is 2.39 bits per heavy atom. The van der Waals surface area contributed by atoms with E-state index in [0.29, 0.717) is 37.8 Å². The molecule has 1 fully saturated rings. The Hall–Kier alpha value is -2.88. The van der Waals surface area contributed by atoms with Crippen molar-refractivity contribution in [3.8, 4) is 22.8 Å². The lowest BCUT2D eigenvalue weighted by Crippen LogP contribution is -2.49. The van der Waals surface area contributed by atoms with E-state index in [-0.39, 0.29) is 10.6 Å². The van der Waals surface area contributed by atoms with Crippen LogP contribution in [0.2, 0.25) is 5.02 Å². The highest BCUT2D eigenvalue weighted by molar-refractivity contribution is 7.89. The van der Waals surface area contributed by atoms with Crippen molar-refractivity contribution in [2.24, 2.45) is 0 Å². The average molecular weight is 489 g/mol. The molecule has 4 rings (SSSR count). The van der Waals surface area contributed by atoms with Crippen LogP contribution in [0.3, 0.4) is 0 Å². The monoisotopic (exact) mass is 488 g/mol. The second-order valence-electron chi connectivity index (χ2n) is 7.41. The molecule has 10 heteroatoms. The third-order valence-electron chi connectivity index (χ3n) is 5.42. The van der Waals surface area contributed by atoms with E-state index in [2.05, 4.69) is 14.9 Å². The molecule has 0 bridgehead atoms. The van der Waals surface area contributed by atoms with Crippen LogP contribution in [-0.4, -0.2) is 62.6 Å². The van der Waals surface area contributed by atoms with E-state index in [9.17, 15) is 8.42 Å². The SMILES string of the molecule is CCOc1ccc(-c2cc(N3CCN(S(=O)(=O)c4cc(Cl)ccc4OC)CC3)ncn2)cc1. The zero-order chi connectivity index (χ0) is 23.4. The molecule has 1 aliphatic heterocycles. The van der Waals surface area contributed by atoms with Crippen LogP contribution in [0.5, 0.6) is 11.5 Å². The minimum absolute atomic E-state index is 0.0748. The number of rotatable bonds is 7. The van der Waals surface area contributed by atoms with Gasteiger partial charge in [-0.1, -0.05) is 11.6 Å². The number of methoxy groups -OCH3 is 1. The minimum atomic E-state index is -3.74. The van der Waals surface area contributed by atoms with E-state index in [1.165, 1.54) is 23.8 Å². The van der Waals surface area contributed by atoms with Crippen LogP contribution in [0.4, 0.5) is 5.82 Å². The van der Waals surface area contributed by atoms with Gasteiger partial charge in [0, 0.05) is 42.8 Å². The normalized spacial score (nSPS) is 14.8. The first-order chi connectivity index (χ1) is 15.9. The van der Waals surface area contributed by atoms with Crippen molar-refractivity contribution in [3.05, 3.63) is 59.9 Å². The van der Waals surface area contributed by atoms with Gasteiger partial charge in [0.2, 0.25) is 10.0 Å². The maximum atomic E-state index is 13.2. The number of nitrogens with zero attached hydrogens (tertiary/aromatic N) is 4. The quantitative estimate of drug-likeness (QED) is 0.501. The molecule has 0 radical (unpaired) electrons. The highest BCUT2D eigenvalue weighted by atomic mass is 35.5. The lowest BCUT2D eigenvalue weighted by Gasteiger charge is -2.34. The Labute approximate surface area is 198 Å². The standard InChI is InChI=1S/C23H25ClN4O4S/c1-3-32-19-7-4-17(5-8-19)20-15-23(26-16-25-20)27-10-12-28(13-11-27)33(29,30)22-14-18(24)6-9-21(22)31-2/h4-9,14-16H,3,10-13H2,1-2H3. The summed E-state index contributed by atoms with van der Waals surface area (Å²) in [5.74, 6) is 1.84. The summed E-state index contributed by atoms with van der Waals surface area (Å²) < 4.78 is 38.6. The number of halogens is 1. The molecule has 33 heavy (non-hydrogen) atoms. The first-order valence-corrected chi connectivity index (χ1v) is 12.4. The van der Waals surface area contributed by atoms with Crippen LogP contribution in [-0.2, 0) is 10.0 Å². The van der Waals surface area contributed by atoms with Gasteiger partial charge in [0.05, 0.1) is 19.4 Å². The molecule has 2 heterocycles.